The first-order valence-corrected chi connectivity index (χ1v) is 4.91. The molecule has 76 valence electrons. The van der Waals surface area contributed by atoms with E-state index in [9.17, 15) is 0 Å². The van der Waals surface area contributed by atoms with Gasteiger partial charge in [-0.05, 0) is 12.8 Å². The van der Waals surface area contributed by atoms with Gasteiger partial charge in [-0.25, -0.2) is 0 Å². The second-order valence-electron chi connectivity index (χ2n) is 4.09. The molecule has 0 radical (unpaired) electrons. The quantitative estimate of drug-likeness (QED) is 0.591. The molecule has 0 aromatic heterocycles. The summed E-state index contributed by atoms with van der Waals surface area (Å²) in [7, 11) is 0. The largest absolute Gasteiger partial charge is 0.234 e. The van der Waals surface area contributed by atoms with Crippen LogP contribution in [0.5, 0.6) is 0 Å². The number of hydrogen-bond donors (Lipinski definition) is 0. The van der Waals surface area contributed by atoms with Crippen LogP contribution in [0, 0.1) is 5.92 Å². The van der Waals surface area contributed by atoms with Gasteiger partial charge < -0.3 is 0 Å². The van der Waals surface area contributed by atoms with Gasteiger partial charge >= 0.3 is 0 Å². The minimum absolute atomic E-state index is 0.235. The monoisotopic (exact) mass is 188 g/mol. The molecule has 1 spiro atoms. The maximum Gasteiger partial charge on any atom is 0.234 e. The molecule has 2 aliphatic rings. The lowest BCUT2D eigenvalue weighted by atomic mass is 10.2. The summed E-state index contributed by atoms with van der Waals surface area (Å²) >= 11 is 0. The summed E-state index contributed by atoms with van der Waals surface area (Å²) in [6, 6.07) is 0. The molecule has 1 aliphatic heterocycles. The fourth-order valence-corrected chi connectivity index (χ4v) is 1.60. The highest BCUT2D eigenvalue weighted by atomic mass is 17.4. The van der Waals surface area contributed by atoms with E-state index in [-0.39, 0.29) is 5.92 Å². The third-order valence-corrected chi connectivity index (χ3v) is 2.50. The molecule has 4 nitrogen and oxygen atoms in total. The summed E-state index contributed by atoms with van der Waals surface area (Å²) in [5, 5.41) is 0. The van der Waals surface area contributed by atoms with E-state index in [1.54, 1.807) is 0 Å². The first-order chi connectivity index (χ1) is 6.22. The number of rotatable bonds is 1. The highest BCUT2D eigenvalue weighted by Gasteiger charge is 2.44. The predicted molar refractivity (Wildman–Crippen MR) is 44.2 cm³/mol. The van der Waals surface area contributed by atoms with Crippen molar-refractivity contribution >= 4 is 0 Å². The Balaban J connectivity index is 1.88. The molecule has 2 rings (SSSR count). The maximum absolute atomic E-state index is 5.25. The van der Waals surface area contributed by atoms with E-state index in [1.807, 2.05) is 13.8 Å². The molecule has 4 heteroatoms. The minimum Gasteiger partial charge on any atom is -0.198 e. The van der Waals surface area contributed by atoms with Gasteiger partial charge in [0, 0.05) is 18.8 Å². The molecule has 0 bridgehead atoms. The van der Waals surface area contributed by atoms with Crippen molar-refractivity contribution in [1.82, 2.24) is 0 Å². The summed E-state index contributed by atoms with van der Waals surface area (Å²) in [6.07, 6.45) is 3.54. The zero-order chi connectivity index (χ0) is 9.31. The van der Waals surface area contributed by atoms with Crippen LogP contribution in [0.2, 0.25) is 0 Å². The average molecular weight is 188 g/mol. The Kier molecular flexibility index (Phi) is 2.55. The van der Waals surface area contributed by atoms with E-state index in [0.717, 1.165) is 25.7 Å². The summed E-state index contributed by atoms with van der Waals surface area (Å²) in [6.45, 7) is 3.98. The summed E-state index contributed by atoms with van der Waals surface area (Å²) in [5.41, 5.74) is 0. The van der Waals surface area contributed by atoms with Gasteiger partial charge in [0.15, 0.2) is 0 Å². The van der Waals surface area contributed by atoms with Gasteiger partial charge in [0.2, 0.25) is 12.1 Å². The first-order valence-electron chi connectivity index (χ1n) is 4.91. The van der Waals surface area contributed by atoms with Crippen LogP contribution in [-0.2, 0) is 19.6 Å². The summed E-state index contributed by atoms with van der Waals surface area (Å²) < 4.78 is 0. The molecule has 1 aliphatic carbocycles. The molecule has 1 saturated heterocycles. The lowest BCUT2D eigenvalue weighted by Crippen LogP contribution is -2.43. The Morgan fingerprint density at radius 2 is 1.62 bits per heavy atom. The highest BCUT2D eigenvalue weighted by Crippen LogP contribution is 2.38. The molecule has 2 fully saturated rings. The predicted octanol–water partition coefficient (Wildman–Crippen LogP) is 2.15. The van der Waals surface area contributed by atoms with E-state index < -0.39 is 12.1 Å². The van der Waals surface area contributed by atoms with Crippen LogP contribution in [0.1, 0.15) is 39.5 Å². The summed E-state index contributed by atoms with van der Waals surface area (Å²) in [5.74, 6) is -0.371. The average Bonchev–Trinajstić information content (AvgIpc) is 2.54. The normalized spacial score (nSPS) is 28.8. The summed E-state index contributed by atoms with van der Waals surface area (Å²) in [4.78, 5) is 20.8. The van der Waals surface area contributed by atoms with E-state index >= 15 is 0 Å². The van der Waals surface area contributed by atoms with Crippen molar-refractivity contribution in [2.75, 3.05) is 0 Å². The van der Waals surface area contributed by atoms with Crippen molar-refractivity contribution < 1.29 is 19.6 Å². The maximum atomic E-state index is 5.25. The lowest BCUT2D eigenvalue weighted by Gasteiger charge is -2.35. The van der Waals surface area contributed by atoms with Crippen molar-refractivity contribution in [3.63, 3.8) is 0 Å². The lowest BCUT2D eigenvalue weighted by molar-refractivity contribution is -0.628. The van der Waals surface area contributed by atoms with Crippen LogP contribution in [-0.4, -0.2) is 12.1 Å². The van der Waals surface area contributed by atoms with Crippen LogP contribution in [0.4, 0.5) is 0 Å². The molecule has 1 saturated carbocycles. The standard InChI is InChI=1S/C9H16O4/c1-7(2)8-10-12-9(13-11-8)5-3-4-6-9/h7-8H,3-6H2,1-2H3. The first kappa shape index (κ1) is 9.40. The third kappa shape index (κ3) is 1.86. The zero-order valence-corrected chi connectivity index (χ0v) is 8.12. The Morgan fingerprint density at radius 3 is 2.08 bits per heavy atom. The third-order valence-electron chi connectivity index (χ3n) is 2.50. The van der Waals surface area contributed by atoms with E-state index in [1.165, 1.54) is 0 Å². The van der Waals surface area contributed by atoms with Crippen LogP contribution in [0.25, 0.3) is 0 Å². The van der Waals surface area contributed by atoms with Crippen molar-refractivity contribution in [1.29, 1.82) is 0 Å². The van der Waals surface area contributed by atoms with Gasteiger partial charge in [0.1, 0.15) is 0 Å². The van der Waals surface area contributed by atoms with Gasteiger partial charge in [0.05, 0.1) is 0 Å². The molecule has 0 unspecified atom stereocenters. The molecule has 0 aromatic carbocycles. The van der Waals surface area contributed by atoms with Crippen LogP contribution < -0.4 is 0 Å². The Labute approximate surface area is 78.0 Å². The Morgan fingerprint density at radius 1 is 1.08 bits per heavy atom. The van der Waals surface area contributed by atoms with Crippen molar-refractivity contribution in [2.24, 2.45) is 5.92 Å². The second-order valence-corrected chi connectivity index (χ2v) is 4.09. The van der Waals surface area contributed by atoms with Crippen LogP contribution in [0.3, 0.4) is 0 Å². The van der Waals surface area contributed by atoms with Crippen molar-refractivity contribution in [3.8, 4) is 0 Å². The highest BCUT2D eigenvalue weighted by molar-refractivity contribution is 4.75. The number of hydrogen-bond acceptors (Lipinski definition) is 4. The molecule has 0 aromatic rings. The van der Waals surface area contributed by atoms with Crippen molar-refractivity contribution in [2.45, 2.75) is 51.6 Å². The zero-order valence-electron chi connectivity index (χ0n) is 8.12. The minimum atomic E-state index is -0.606. The Hall–Kier alpha value is -0.160. The topological polar surface area (TPSA) is 36.9 Å². The van der Waals surface area contributed by atoms with Crippen LogP contribution in [0.15, 0.2) is 0 Å². The molecule has 1 heterocycles. The smallest absolute Gasteiger partial charge is 0.198 e. The Bertz CT molecular complexity index is 164. The van der Waals surface area contributed by atoms with E-state index in [2.05, 4.69) is 0 Å². The fourth-order valence-electron chi connectivity index (χ4n) is 1.60. The van der Waals surface area contributed by atoms with E-state index in [4.69, 9.17) is 19.6 Å². The SMILES string of the molecule is CC(C)C1OOC2(CCCC2)OO1. The van der Waals surface area contributed by atoms with Crippen molar-refractivity contribution in [3.05, 3.63) is 0 Å². The molecule has 0 N–H and O–H groups in total. The molecule has 13 heavy (non-hydrogen) atoms. The van der Waals surface area contributed by atoms with Gasteiger partial charge in [-0.2, -0.15) is 19.6 Å². The van der Waals surface area contributed by atoms with Gasteiger partial charge in [-0.15, -0.1) is 0 Å². The molecule has 0 atom stereocenters. The van der Waals surface area contributed by atoms with Gasteiger partial charge in [-0.3, -0.25) is 0 Å². The fraction of sp³-hybridized carbons (Fsp3) is 1.00. The molecular formula is C9H16O4. The van der Waals surface area contributed by atoms with Gasteiger partial charge in [-0.1, -0.05) is 13.8 Å². The van der Waals surface area contributed by atoms with Gasteiger partial charge in [0.25, 0.3) is 0 Å². The second kappa shape index (κ2) is 3.53. The molecular weight excluding hydrogens is 172 g/mol. The molecule has 0 amide bonds. The van der Waals surface area contributed by atoms with Crippen LogP contribution >= 0.6 is 0 Å². The van der Waals surface area contributed by atoms with E-state index in [0.29, 0.717) is 0 Å².